The predicted molar refractivity (Wildman–Crippen MR) is 147 cm³/mol. The number of aryl methyl sites for hydroxylation is 3. The summed E-state index contributed by atoms with van der Waals surface area (Å²) in [6.07, 6.45) is 4.03. The van der Waals surface area contributed by atoms with E-state index in [0.717, 1.165) is 47.5 Å². The number of aliphatic carboxylic acids is 1. The van der Waals surface area contributed by atoms with E-state index in [-0.39, 0.29) is 18.7 Å². The van der Waals surface area contributed by atoms with Crippen molar-refractivity contribution in [3.8, 4) is 5.75 Å². The van der Waals surface area contributed by atoms with Crippen molar-refractivity contribution in [2.24, 2.45) is 5.92 Å². The van der Waals surface area contributed by atoms with Gasteiger partial charge in [0.05, 0.1) is 13.0 Å². The molecule has 0 saturated carbocycles. The zero-order chi connectivity index (χ0) is 27.3. The van der Waals surface area contributed by atoms with Gasteiger partial charge in [-0.2, -0.15) is 0 Å². The smallest absolute Gasteiger partial charge is 0.303 e. The maximum atomic E-state index is 13.1. The minimum Gasteiger partial charge on any atom is -0.493 e. The van der Waals surface area contributed by atoms with Gasteiger partial charge in [-0.25, -0.2) is 0 Å². The van der Waals surface area contributed by atoms with E-state index in [0.29, 0.717) is 31.9 Å². The summed E-state index contributed by atoms with van der Waals surface area (Å²) in [6, 6.07) is 13.0. The van der Waals surface area contributed by atoms with Crippen LogP contribution in [0.3, 0.4) is 0 Å². The predicted octanol–water partition coefficient (Wildman–Crippen LogP) is 3.67. The molecule has 0 aromatic heterocycles. The number of hydrogen-bond donors (Lipinski definition) is 4. The number of piperidine rings is 1. The lowest BCUT2D eigenvalue weighted by molar-refractivity contribution is -0.139. The molecule has 0 aliphatic carbocycles. The van der Waals surface area contributed by atoms with Crippen LogP contribution >= 0.6 is 0 Å². The number of carbonyl (C=O) groups is 3. The molecule has 1 heterocycles. The Labute approximate surface area is 225 Å². The number of ether oxygens (including phenoxy) is 1. The highest BCUT2D eigenvalue weighted by Crippen LogP contribution is 2.24. The lowest BCUT2D eigenvalue weighted by atomic mass is 9.97. The molecule has 206 valence electrons. The van der Waals surface area contributed by atoms with Crippen LogP contribution in [0.25, 0.3) is 0 Å². The van der Waals surface area contributed by atoms with Gasteiger partial charge in [-0.1, -0.05) is 36.4 Å². The van der Waals surface area contributed by atoms with Crippen LogP contribution in [0.15, 0.2) is 42.5 Å². The topological polar surface area (TPSA) is 117 Å². The van der Waals surface area contributed by atoms with Gasteiger partial charge in [0.25, 0.3) is 0 Å². The van der Waals surface area contributed by atoms with Crippen molar-refractivity contribution in [2.45, 2.75) is 71.4 Å². The van der Waals surface area contributed by atoms with E-state index in [1.54, 1.807) is 0 Å². The first kappa shape index (κ1) is 29.2. The zero-order valence-electron chi connectivity index (χ0n) is 22.6. The molecule has 1 aliphatic heterocycles. The van der Waals surface area contributed by atoms with Crippen molar-refractivity contribution in [1.29, 1.82) is 0 Å². The van der Waals surface area contributed by atoms with Crippen LogP contribution in [0.4, 0.5) is 0 Å². The molecule has 1 aliphatic rings. The van der Waals surface area contributed by atoms with E-state index >= 15 is 0 Å². The molecule has 2 atom stereocenters. The first-order chi connectivity index (χ1) is 18.3. The number of amides is 2. The summed E-state index contributed by atoms with van der Waals surface area (Å²) in [4.78, 5) is 36.3. The Morgan fingerprint density at radius 1 is 1.11 bits per heavy atom. The van der Waals surface area contributed by atoms with Gasteiger partial charge in [-0.05, 0) is 93.3 Å². The molecule has 0 spiro atoms. The molecule has 3 rings (SSSR count). The summed E-state index contributed by atoms with van der Waals surface area (Å²) < 4.78 is 6.13. The molecule has 38 heavy (non-hydrogen) atoms. The van der Waals surface area contributed by atoms with E-state index in [9.17, 15) is 14.4 Å². The minimum atomic E-state index is -1.05. The number of nitrogens with one attached hydrogen (secondary N) is 3. The van der Waals surface area contributed by atoms with Crippen LogP contribution in [-0.2, 0) is 27.3 Å². The zero-order valence-corrected chi connectivity index (χ0v) is 22.6. The van der Waals surface area contributed by atoms with Gasteiger partial charge in [-0.3, -0.25) is 14.4 Å². The molecule has 0 radical (unpaired) electrons. The number of carbonyl (C=O) groups excluding carboxylic acids is 2. The molecule has 2 amide bonds. The quantitative estimate of drug-likeness (QED) is 0.300. The first-order valence-electron chi connectivity index (χ1n) is 13.6. The van der Waals surface area contributed by atoms with Gasteiger partial charge in [-0.15, -0.1) is 0 Å². The second-order valence-corrected chi connectivity index (χ2v) is 10.1. The van der Waals surface area contributed by atoms with Crippen LogP contribution in [0, 0.1) is 19.8 Å². The lowest BCUT2D eigenvalue weighted by Crippen LogP contribution is -2.46. The van der Waals surface area contributed by atoms with E-state index in [2.05, 4.69) is 22.0 Å². The average molecular weight is 524 g/mol. The van der Waals surface area contributed by atoms with Crippen LogP contribution in [0.1, 0.15) is 60.8 Å². The van der Waals surface area contributed by atoms with Gasteiger partial charge < -0.3 is 25.8 Å². The van der Waals surface area contributed by atoms with Crippen molar-refractivity contribution in [2.75, 3.05) is 19.7 Å². The second kappa shape index (κ2) is 15.1. The normalized spacial score (nSPS) is 15.9. The summed E-state index contributed by atoms with van der Waals surface area (Å²) in [5.74, 6) is -0.320. The van der Waals surface area contributed by atoms with Crippen molar-refractivity contribution in [1.82, 2.24) is 16.0 Å². The minimum absolute atomic E-state index is 0.168. The summed E-state index contributed by atoms with van der Waals surface area (Å²) in [6.45, 7) is 7.15. The molecule has 8 heteroatoms. The monoisotopic (exact) mass is 523 g/mol. The third-order valence-electron chi connectivity index (χ3n) is 7.05. The average Bonchev–Trinajstić information content (AvgIpc) is 2.91. The summed E-state index contributed by atoms with van der Waals surface area (Å²) >= 11 is 0. The number of carboxylic acids is 1. The fraction of sp³-hybridized carbons (Fsp3) is 0.500. The fourth-order valence-electron chi connectivity index (χ4n) is 4.74. The molecular formula is C30H41N3O5. The van der Waals surface area contributed by atoms with Crippen LogP contribution in [0.2, 0.25) is 0 Å². The number of hydrogen-bond acceptors (Lipinski definition) is 5. The number of carboxylic acid groups (broad SMARTS) is 1. The van der Waals surface area contributed by atoms with E-state index in [1.807, 2.05) is 50.2 Å². The summed E-state index contributed by atoms with van der Waals surface area (Å²) in [7, 11) is 0. The molecule has 2 unspecified atom stereocenters. The highest BCUT2D eigenvalue weighted by atomic mass is 16.5. The molecular weight excluding hydrogens is 482 g/mol. The fourth-order valence-corrected chi connectivity index (χ4v) is 4.74. The van der Waals surface area contributed by atoms with E-state index < -0.39 is 17.9 Å². The van der Waals surface area contributed by atoms with Crippen LogP contribution < -0.4 is 20.7 Å². The third-order valence-corrected chi connectivity index (χ3v) is 7.05. The Balaban J connectivity index is 1.59. The number of rotatable bonds is 14. The van der Waals surface area contributed by atoms with E-state index in [4.69, 9.17) is 9.84 Å². The highest BCUT2D eigenvalue weighted by molar-refractivity contribution is 5.88. The van der Waals surface area contributed by atoms with Crippen LogP contribution in [0.5, 0.6) is 5.75 Å². The lowest BCUT2D eigenvalue weighted by Gasteiger charge is -2.23. The van der Waals surface area contributed by atoms with Crippen LogP contribution in [-0.4, -0.2) is 48.6 Å². The van der Waals surface area contributed by atoms with Gasteiger partial charge >= 0.3 is 5.97 Å². The molecule has 2 aromatic carbocycles. The van der Waals surface area contributed by atoms with Crippen molar-refractivity contribution in [3.63, 3.8) is 0 Å². The Hall–Kier alpha value is -3.39. The molecule has 1 fully saturated rings. The largest absolute Gasteiger partial charge is 0.493 e. The summed E-state index contributed by atoms with van der Waals surface area (Å²) in [5, 5.41) is 18.0. The van der Waals surface area contributed by atoms with Gasteiger partial charge in [0, 0.05) is 13.0 Å². The molecule has 0 bridgehead atoms. The van der Waals surface area contributed by atoms with Crippen molar-refractivity contribution < 1.29 is 24.2 Å². The van der Waals surface area contributed by atoms with E-state index in [1.165, 1.54) is 12.8 Å². The Morgan fingerprint density at radius 3 is 2.61 bits per heavy atom. The van der Waals surface area contributed by atoms with Gasteiger partial charge in [0.2, 0.25) is 11.8 Å². The Morgan fingerprint density at radius 2 is 1.89 bits per heavy atom. The molecule has 1 saturated heterocycles. The first-order valence-corrected chi connectivity index (χ1v) is 13.6. The van der Waals surface area contributed by atoms with Crippen molar-refractivity contribution >= 4 is 17.8 Å². The Bertz CT molecular complexity index is 1070. The highest BCUT2D eigenvalue weighted by Gasteiger charge is 2.21. The standard InChI is InChI=1S/C30H41N3O5/c1-21-17-22(2)27(38-16-14-24-9-6-15-31-19-24)18-25(21)20-32-30(37)26(33-28(34)12-13-29(35)36)11-10-23-7-4-3-5-8-23/h3-5,7-8,17-18,24,26,31H,6,9-16,19-20H2,1-2H3,(H,32,37)(H,33,34)(H,35,36). The maximum Gasteiger partial charge on any atom is 0.303 e. The van der Waals surface area contributed by atoms with Gasteiger partial charge in [0.1, 0.15) is 11.8 Å². The van der Waals surface area contributed by atoms with Gasteiger partial charge in [0.15, 0.2) is 0 Å². The molecule has 4 N–H and O–H groups in total. The SMILES string of the molecule is Cc1cc(C)c(OCCC2CCCNC2)cc1CNC(=O)C(CCc1ccccc1)NC(=O)CCC(=O)O. The summed E-state index contributed by atoms with van der Waals surface area (Å²) in [5.41, 5.74) is 4.13. The van der Waals surface area contributed by atoms with Crippen molar-refractivity contribution in [3.05, 3.63) is 64.7 Å². The second-order valence-electron chi connectivity index (χ2n) is 10.1. The third kappa shape index (κ3) is 9.82. The number of benzene rings is 2. The molecule has 2 aromatic rings. The Kier molecular flexibility index (Phi) is 11.6. The maximum absolute atomic E-state index is 13.1. The molecule has 8 nitrogen and oxygen atoms in total.